The molecule has 1 aliphatic heterocycles. The van der Waals surface area contributed by atoms with Crippen molar-refractivity contribution in [2.75, 3.05) is 13.1 Å². The molecule has 2 N–H and O–H groups in total. The summed E-state index contributed by atoms with van der Waals surface area (Å²) in [6.45, 7) is 1.65. The van der Waals surface area contributed by atoms with Gasteiger partial charge in [-0.15, -0.1) is 0 Å². The molecule has 0 bridgehead atoms. The molecule has 0 atom stereocenters. The van der Waals surface area contributed by atoms with Crippen LogP contribution in [0.15, 0.2) is 0 Å². The van der Waals surface area contributed by atoms with Crippen molar-refractivity contribution in [3.63, 3.8) is 0 Å². The second-order valence-corrected chi connectivity index (χ2v) is 4.92. The Morgan fingerprint density at radius 3 is 1.93 bits per heavy atom. The summed E-state index contributed by atoms with van der Waals surface area (Å²) in [4.78, 5) is -0.833. The molecule has 0 amide bonds. The molecule has 0 aromatic carbocycles. The molecule has 2 rings (SSSR count). The highest BCUT2D eigenvalue weighted by molar-refractivity contribution is 4.65. The normalized spacial score (nSPS) is 26.8. The summed E-state index contributed by atoms with van der Waals surface area (Å²) in [7, 11) is 0. The first-order valence-corrected chi connectivity index (χ1v) is 6.31. The number of rotatable bonds is 2. The van der Waals surface area contributed by atoms with Crippen molar-refractivity contribution in [1.82, 2.24) is 5.01 Å². The summed E-state index contributed by atoms with van der Waals surface area (Å²) in [5.41, 5.74) is 0. The summed E-state index contributed by atoms with van der Waals surface area (Å²) in [6.07, 6.45) is 8.82. The first-order chi connectivity index (χ1) is 7.21. The first-order valence-electron chi connectivity index (χ1n) is 6.31. The summed E-state index contributed by atoms with van der Waals surface area (Å²) in [5, 5.41) is 22.2. The molecule has 1 aliphatic carbocycles. The van der Waals surface area contributed by atoms with E-state index in [9.17, 15) is 10.4 Å². The molecule has 88 valence electrons. The van der Waals surface area contributed by atoms with Crippen LogP contribution in [0, 0.1) is 0 Å². The fourth-order valence-electron chi connectivity index (χ4n) is 2.83. The molecule has 15 heavy (non-hydrogen) atoms. The van der Waals surface area contributed by atoms with Gasteiger partial charge in [0, 0.05) is 17.8 Å². The van der Waals surface area contributed by atoms with Gasteiger partial charge in [0.2, 0.25) is 0 Å². The largest absolute Gasteiger partial charge is 0.172 e. The highest BCUT2D eigenvalue weighted by atomic mass is 16.9. The van der Waals surface area contributed by atoms with E-state index in [0.29, 0.717) is 0 Å². The van der Waals surface area contributed by atoms with Gasteiger partial charge in [-0.3, -0.25) is 0 Å². The van der Waals surface area contributed by atoms with Crippen molar-refractivity contribution in [2.45, 2.75) is 57.4 Å². The molecule has 0 aromatic rings. The van der Waals surface area contributed by atoms with Gasteiger partial charge in [0.25, 0.3) is 0 Å². The Labute approximate surface area is 91.6 Å². The van der Waals surface area contributed by atoms with Crippen LogP contribution in [-0.4, -0.2) is 39.5 Å². The van der Waals surface area contributed by atoms with Crippen LogP contribution < -0.4 is 0 Å². The Kier molecular flexibility index (Phi) is 3.61. The van der Waals surface area contributed by atoms with E-state index in [1.807, 2.05) is 5.01 Å². The Morgan fingerprint density at radius 1 is 0.800 bits per heavy atom. The van der Waals surface area contributed by atoms with E-state index in [0.717, 1.165) is 51.6 Å². The third kappa shape index (κ3) is 2.50. The molecule has 2 fully saturated rings. The zero-order chi connectivity index (χ0) is 10.7. The summed E-state index contributed by atoms with van der Waals surface area (Å²) < 4.78 is 0. The number of hydrogen-bond donors (Lipinski definition) is 2. The third-order valence-electron chi connectivity index (χ3n) is 3.81. The molecule has 4 heteroatoms. The van der Waals surface area contributed by atoms with E-state index in [1.165, 1.54) is 12.8 Å². The smallest absolute Gasteiger partial charge is 0.160 e. The average molecular weight is 215 g/mol. The van der Waals surface area contributed by atoms with Crippen LogP contribution in [0.4, 0.5) is 0 Å². The van der Waals surface area contributed by atoms with Gasteiger partial charge < -0.3 is 0 Å². The Hall–Kier alpha value is -0.160. The van der Waals surface area contributed by atoms with Crippen molar-refractivity contribution in [1.29, 1.82) is 0 Å². The number of nitrogens with zero attached hydrogens (tertiary/aromatic N) is 2. The topological polar surface area (TPSA) is 43.7 Å². The van der Waals surface area contributed by atoms with E-state index in [-0.39, 0.29) is 6.04 Å². The second-order valence-electron chi connectivity index (χ2n) is 4.92. The minimum atomic E-state index is -0.833. The standard InChI is InChI=1S/C11H23N2O2/c14-13(15,11-7-3-1-4-8-11)12-9-5-2-6-10-12/h11,14-15H,1-10H2/q+1. The maximum absolute atomic E-state index is 10.2. The third-order valence-corrected chi connectivity index (χ3v) is 3.81. The molecule has 0 radical (unpaired) electrons. The van der Waals surface area contributed by atoms with Gasteiger partial charge in [0.05, 0.1) is 13.1 Å². The predicted octanol–water partition coefficient (Wildman–Crippen LogP) is 2.32. The minimum absolute atomic E-state index is 0.0110. The van der Waals surface area contributed by atoms with Gasteiger partial charge in [0.1, 0.15) is 0 Å². The van der Waals surface area contributed by atoms with Gasteiger partial charge in [-0.25, -0.2) is 0 Å². The molecule has 0 unspecified atom stereocenters. The van der Waals surface area contributed by atoms with Crippen molar-refractivity contribution < 1.29 is 15.3 Å². The van der Waals surface area contributed by atoms with Crippen LogP contribution in [0.5, 0.6) is 0 Å². The second kappa shape index (κ2) is 4.78. The summed E-state index contributed by atoms with van der Waals surface area (Å²) in [6, 6.07) is 0.0110. The molecular formula is C11H23N2O2+. The number of hydrogen-bond acceptors (Lipinski definition) is 3. The number of hydroxylamine groups is 2. The Balaban J connectivity index is 1.96. The van der Waals surface area contributed by atoms with Crippen LogP contribution in [0.2, 0.25) is 0 Å². The first kappa shape index (κ1) is 11.3. The maximum atomic E-state index is 10.2. The lowest BCUT2D eigenvalue weighted by Gasteiger charge is -2.40. The quantitative estimate of drug-likeness (QED) is 0.549. The van der Waals surface area contributed by atoms with Crippen LogP contribution in [0.1, 0.15) is 51.4 Å². The number of quaternary nitrogens is 1. The number of piperidine rings is 1. The van der Waals surface area contributed by atoms with Crippen LogP contribution >= 0.6 is 0 Å². The van der Waals surface area contributed by atoms with Gasteiger partial charge in [-0.05, 0) is 25.7 Å². The fourth-order valence-corrected chi connectivity index (χ4v) is 2.83. The minimum Gasteiger partial charge on any atom is -0.160 e. The van der Waals surface area contributed by atoms with E-state index in [2.05, 4.69) is 0 Å². The monoisotopic (exact) mass is 215 g/mol. The summed E-state index contributed by atoms with van der Waals surface area (Å²) >= 11 is 0. The molecule has 0 spiro atoms. The lowest BCUT2D eigenvalue weighted by molar-refractivity contribution is -1.33. The molecule has 2 aliphatic rings. The highest BCUT2D eigenvalue weighted by Crippen LogP contribution is 2.28. The van der Waals surface area contributed by atoms with Gasteiger partial charge >= 0.3 is 0 Å². The molecule has 4 nitrogen and oxygen atoms in total. The Morgan fingerprint density at radius 2 is 1.33 bits per heavy atom. The van der Waals surface area contributed by atoms with Crippen molar-refractivity contribution in [3.8, 4) is 0 Å². The van der Waals surface area contributed by atoms with Crippen molar-refractivity contribution in [2.24, 2.45) is 0 Å². The van der Waals surface area contributed by atoms with Crippen LogP contribution in [-0.2, 0) is 0 Å². The average Bonchev–Trinajstić information content (AvgIpc) is 2.31. The molecular weight excluding hydrogens is 192 g/mol. The molecule has 1 saturated heterocycles. The van der Waals surface area contributed by atoms with Crippen LogP contribution in [0.3, 0.4) is 0 Å². The van der Waals surface area contributed by atoms with Crippen molar-refractivity contribution in [3.05, 3.63) is 0 Å². The fraction of sp³-hybridized carbons (Fsp3) is 1.00. The summed E-state index contributed by atoms with van der Waals surface area (Å²) in [5.74, 6) is 0. The van der Waals surface area contributed by atoms with E-state index < -0.39 is 4.92 Å². The lowest BCUT2D eigenvalue weighted by atomic mass is 9.95. The Bertz CT molecular complexity index is 177. The van der Waals surface area contributed by atoms with E-state index in [1.54, 1.807) is 0 Å². The van der Waals surface area contributed by atoms with E-state index in [4.69, 9.17) is 0 Å². The highest BCUT2D eigenvalue weighted by Gasteiger charge is 2.43. The SMILES string of the molecule is O[N+](O)(C1CCCCC1)N1CCCCC1. The van der Waals surface area contributed by atoms with Gasteiger partial charge in [-0.1, -0.05) is 17.9 Å². The van der Waals surface area contributed by atoms with Crippen molar-refractivity contribution >= 4 is 0 Å². The molecule has 0 aromatic heterocycles. The zero-order valence-electron chi connectivity index (χ0n) is 9.44. The van der Waals surface area contributed by atoms with Gasteiger partial charge in [0.15, 0.2) is 6.04 Å². The van der Waals surface area contributed by atoms with Gasteiger partial charge in [-0.2, -0.15) is 10.4 Å². The maximum Gasteiger partial charge on any atom is 0.172 e. The lowest BCUT2D eigenvalue weighted by Crippen LogP contribution is -2.63. The molecule has 1 saturated carbocycles. The zero-order valence-corrected chi connectivity index (χ0v) is 9.44. The van der Waals surface area contributed by atoms with Crippen LogP contribution in [0.25, 0.3) is 0 Å². The van der Waals surface area contributed by atoms with E-state index >= 15 is 0 Å². The predicted molar refractivity (Wildman–Crippen MR) is 56.1 cm³/mol. The molecule has 1 heterocycles.